The minimum atomic E-state index is 0.703. The summed E-state index contributed by atoms with van der Waals surface area (Å²) in [6.45, 7) is 3.99. The van der Waals surface area contributed by atoms with E-state index in [1.807, 2.05) is 30.9 Å². The first-order chi connectivity index (χ1) is 18.7. The van der Waals surface area contributed by atoms with Gasteiger partial charge in [0.25, 0.3) is 0 Å². The lowest BCUT2D eigenvalue weighted by Gasteiger charge is -2.11. The molecule has 0 spiro atoms. The zero-order valence-electron chi connectivity index (χ0n) is 21.2. The Morgan fingerprint density at radius 3 is 2.79 bits per heavy atom. The molecule has 0 amide bonds. The van der Waals surface area contributed by atoms with Crippen molar-refractivity contribution in [3.05, 3.63) is 65.6 Å². The number of rotatable bonds is 7. The van der Waals surface area contributed by atoms with Crippen LogP contribution >= 0.6 is 11.3 Å². The van der Waals surface area contributed by atoms with Gasteiger partial charge in [-0.1, -0.05) is 12.8 Å². The molecule has 6 heterocycles. The molecule has 1 aliphatic carbocycles. The summed E-state index contributed by atoms with van der Waals surface area (Å²) in [6.07, 6.45) is 12.9. The van der Waals surface area contributed by atoms with E-state index in [0.717, 1.165) is 74.0 Å². The van der Waals surface area contributed by atoms with Gasteiger partial charge in [0, 0.05) is 41.0 Å². The predicted octanol–water partition coefficient (Wildman–Crippen LogP) is 6.27. The second-order valence-electron chi connectivity index (χ2n) is 10.1. The molecule has 0 aromatic carbocycles. The molecule has 6 aromatic heterocycles. The Morgan fingerprint density at radius 2 is 1.92 bits per heavy atom. The van der Waals surface area contributed by atoms with E-state index in [-0.39, 0.29) is 0 Å². The van der Waals surface area contributed by atoms with Crippen LogP contribution in [0.2, 0.25) is 0 Å². The minimum absolute atomic E-state index is 0.703. The van der Waals surface area contributed by atoms with Gasteiger partial charge in [-0.3, -0.25) is 20.1 Å². The standard InChI is InChI=1S/C29H28N8S/c1-17-6-7-25(38-17)28-27-22(8-9-32-28)34-29(35-27)26-21-11-23(33-16-24(21)36-37-26)20-10-19(14-31-15-20)13-30-12-18-4-2-3-5-18/h6-11,14-16,18,30H,2-5,12-13H2,1H3,(H,34,35)(H,36,37). The van der Waals surface area contributed by atoms with Gasteiger partial charge in [0.1, 0.15) is 16.9 Å². The molecule has 0 bridgehead atoms. The molecule has 1 fully saturated rings. The van der Waals surface area contributed by atoms with E-state index in [1.54, 1.807) is 11.3 Å². The molecule has 3 N–H and O–H groups in total. The van der Waals surface area contributed by atoms with Crippen LogP contribution in [0.3, 0.4) is 0 Å². The number of thiophene rings is 1. The minimum Gasteiger partial charge on any atom is -0.336 e. The molecule has 0 atom stereocenters. The third-order valence-electron chi connectivity index (χ3n) is 7.37. The zero-order chi connectivity index (χ0) is 25.5. The Labute approximate surface area is 224 Å². The lowest BCUT2D eigenvalue weighted by atomic mass is 10.1. The van der Waals surface area contributed by atoms with E-state index < -0.39 is 0 Å². The topological polar surface area (TPSA) is 108 Å². The smallest absolute Gasteiger partial charge is 0.159 e. The first-order valence-corrected chi connectivity index (χ1v) is 13.9. The second-order valence-corrected chi connectivity index (χ2v) is 11.4. The Kier molecular flexibility index (Phi) is 5.94. The van der Waals surface area contributed by atoms with E-state index in [1.165, 1.54) is 30.6 Å². The third-order valence-corrected chi connectivity index (χ3v) is 8.38. The van der Waals surface area contributed by atoms with Crippen LogP contribution in [0, 0.1) is 12.8 Å². The van der Waals surface area contributed by atoms with Gasteiger partial charge in [-0.05, 0) is 68.1 Å². The van der Waals surface area contributed by atoms with Crippen molar-refractivity contribution < 1.29 is 0 Å². The lowest BCUT2D eigenvalue weighted by molar-refractivity contribution is 0.489. The number of aromatic amines is 2. The number of H-pyrrole nitrogens is 2. The maximum Gasteiger partial charge on any atom is 0.159 e. The summed E-state index contributed by atoms with van der Waals surface area (Å²) < 4.78 is 0. The average Bonchev–Trinajstić information content (AvgIpc) is 3.74. The van der Waals surface area contributed by atoms with E-state index in [9.17, 15) is 0 Å². The van der Waals surface area contributed by atoms with Crippen molar-refractivity contribution in [1.82, 2.24) is 40.4 Å². The quantitative estimate of drug-likeness (QED) is 0.229. The molecule has 38 heavy (non-hydrogen) atoms. The fourth-order valence-electron chi connectivity index (χ4n) is 5.40. The fraction of sp³-hybridized carbons (Fsp3) is 0.276. The van der Waals surface area contributed by atoms with E-state index in [2.05, 4.69) is 61.7 Å². The van der Waals surface area contributed by atoms with E-state index >= 15 is 0 Å². The molecule has 9 heteroatoms. The number of nitrogens with one attached hydrogen (secondary N) is 3. The van der Waals surface area contributed by atoms with Crippen LogP contribution in [0.15, 0.2) is 55.1 Å². The number of hydrogen-bond acceptors (Lipinski definition) is 7. The van der Waals surface area contributed by atoms with Crippen LogP contribution in [0.1, 0.15) is 36.1 Å². The summed E-state index contributed by atoms with van der Waals surface area (Å²) >= 11 is 1.72. The molecule has 8 nitrogen and oxygen atoms in total. The first kappa shape index (κ1) is 23.2. The monoisotopic (exact) mass is 520 g/mol. The molecule has 1 aliphatic rings. The summed E-state index contributed by atoms with van der Waals surface area (Å²) in [5.74, 6) is 1.52. The number of fused-ring (bicyclic) bond motifs is 2. The number of aromatic nitrogens is 7. The van der Waals surface area contributed by atoms with Crippen molar-refractivity contribution in [2.45, 2.75) is 39.2 Å². The van der Waals surface area contributed by atoms with Crippen molar-refractivity contribution in [2.24, 2.45) is 5.92 Å². The van der Waals surface area contributed by atoms with Crippen molar-refractivity contribution >= 4 is 33.3 Å². The average molecular weight is 521 g/mol. The van der Waals surface area contributed by atoms with Gasteiger partial charge in [-0.15, -0.1) is 11.3 Å². The molecule has 7 rings (SSSR count). The highest BCUT2D eigenvalue weighted by Crippen LogP contribution is 2.34. The molecular formula is C29H28N8S. The summed E-state index contributed by atoms with van der Waals surface area (Å²) in [7, 11) is 0. The molecule has 6 aromatic rings. The van der Waals surface area contributed by atoms with Crippen molar-refractivity contribution in [2.75, 3.05) is 6.54 Å². The van der Waals surface area contributed by atoms with Gasteiger partial charge < -0.3 is 10.3 Å². The first-order valence-electron chi connectivity index (χ1n) is 13.1. The highest BCUT2D eigenvalue weighted by atomic mass is 32.1. The van der Waals surface area contributed by atoms with Crippen LogP contribution < -0.4 is 5.32 Å². The van der Waals surface area contributed by atoms with Crippen LogP contribution in [-0.4, -0.2) is 41.7 Å². The van der Waals surface area contributed by atoms with Gasteiger partial charge in [0.05, 0.1) is 27.8 Å². The van der Waals surface area contributed by atoms with E-state index in [4.69, 9.17) is 9.97 Å². The maximum atomic E-state index is 4.94. The second kappa shape index (κ2) is 9.74. The van der Waals surface area contributed by atoms with E-state index in [0.29, 0.717) is 5.82 Å². The zero-order valence-corrected chi connectivity index (χ0v) is 22.0. The Bertz CT molecular complexity index is 1740. The lowest BCUT2D eigenvalue weighted by Crippen LogP contribution is -2.20. The van der Waals surface area contributed by atoms with Crippen molar-refractivity contribution in [1.29, 1.82) is 0 Å². The number of aryl methyl sites for hydroxylation is 1. The molecule has 0 radical (unpaired) electrons. The highest BCUT2D eigenvalue weighted by molar-refractivity contribution is 7.15. The summed E-state index contributed by atoms with van der Waals surface area (Å²) in [5.41, 5.74) is 7.29. The van der Waals surface area contributed by atoms with Gasteiger partial charge in [0.2, 0.25) is 0 Å². The summed E-state index contributed by atoms with van der Waals surface area (Å²) in [5, 5.41) is 12.3. The number of hydrogen-bond donors (Lipinski definition) is 3. The number of imidazole rings is 1. The maximum absolute atomic E-state index is 4.94. The van der Waals surface area contributed by atoms with Crippen LogP contribution in [0.5, 0.6) is 0 Å². The van der Waals surface area contributed by atoms with Gasteiger partial charge in [-0.2, -0.15) is 5.10 Å². The Morgan fingerprint density at radius 1 is 1.00 bits per heavy atom. The Hall–Kier alpha value is -3.95. The Balaban J connectivity index is 1.20. The summed E-state index contributed by atoms with van der Waals surface area (Å²) in [6, 6.07) is 10.4. The van der Waals surface area contributed by atoms with Gasteiger partial charge >= 0.3 is 0 Å². The van der Waals surface area contributed by atoms with Crippen LogP contribution in [-0.2, 0) is 6.54 Å². The van der Waals surface area contributed by atoms with Crippen LogP contribution in [0.4, 0.5) is 0 Å². The number of nitrogens with zero attached hydrogens (tertiary/aromatic N) is 5. The predicted molar refractivity (Wildman–Crippen MR) is 152 cm³/mol. The highest BCUT2D eigenvalue weighted by Gasteiger charge is 2.18. The largest absolute Gasteiger partial charge is 0.336 e. The molecule has 0 saturated heterocycles. The fourth-order valence-corrected chi connectivity index (χ4v) is 6.27. The van der Waals surface area contributed by atoms with Crippen molar-refractivity contribution in [3.8, 4) is 33.3 Å². The summed E-state index contributed by atoms with van der Waals surface area (Å²) in [4.78, 5) is 24.6. The molecule has 0 unspecified atom stereocenters. The SMILES string of the molecule is Cc1ccc(-c2nccc3[nH]c(-c4n[nH]c5cnc(-c6cncc(CNCC7CCCC7)c6)cc45)nc23)s1. The van der Waals surface area contributed by atoms with Crippen LogP contribution in [0.25, 0.3) is 55.3 Å². The van der Waals surface area contributed by atoms with Crippen molar-refractivity contribution in [3.63, 3.8) is 0 Å². The van der Waals surface area contributed by atoms with Gasteiger partial charge in [-0.25, -0.2) is 4.98 Å². The van der Waals surface area contributed by atoms with Gasteiger partial charge in [0.15, 0.2) is 5.82 Å². The molecule has 190 valence electrons. The number of pyridine rings is 3. The normalized spacial score (nSPS) is 14.2. The third kappa shape index (κ3) is 4.37. The molecular weight excluding hydrogens is 492 g/mol. The molecule has 1 saturated carbocycles. The molecule has 0 aliphatic heterocycles.